The second-order valence-electron chi connectivity index (χ2n) is 5.90. The highest BCUT2D eigenvalue weighted by atomic mass is 16.6. The molecule has 0 aliphatic rings. The summed E-state index contributed by atoms with van der Waals surface area (Å²) >= 11 is 0. The van der Waals surface area contributed by atoms with Crippen LogP contribution in [0.25, 0.3) is 0 Å². The van der Waals surface area contributed by atoms with Crippen LogP contribution in [-0.2, 0) is 0 Å². The fourth-order valence-corrected chi connectivity index (χ4v) is 2.18. The lowest BCUT2D eigenvalue weighted by Gasteiger charge is -2.33. The van der Waals surface area contributed by atoms with E-state index in [1.807, 2.05) is 4.90 Å². The third-order valence-electron chi connectivity index (χ3n) is 3.38. The van der Waals surface area contributed by atoms with E-state index in [0.717, 1.165) is 13.0 Å². The van der Waals surface area contributed by atoms with Crippen molar-refractivity contribution in [3.63, 3.8) is 0 Å². The molecule has 0 heterocycles. The molecule has 1 aromatic carbocycles. The minimum atomic E-state index is -0.365. The first-order valence-corrected chi connectivity index (χ1v) is 7.12. The smallest absolute Gasteiger partial charge is 0.296 e. The molecule has 6 heteroatoms. The Morgan fingerprint density at radius 2 is 2.10 bits per heavy atom. The number of benzene rings is 1. The summed E-state index contributed by atoms with van der Waals surface area (Å²) in [7, 11) is 1.50. The minimum absolute atomic E-state index is 0.0654. The van der Waals surface area contributed by atoms with E-state index in [0.29, 0.717) is 24.5 Å². The second kappa shape index (κ2) is 7.26. The highest BCUT2D eigenvalue weighted by Gasteiger charge is 2.25. The van der Waals surface area contributed by atoms with Crippen molar-refractivity contribution in [3.8, 4) is 5.75 Å². The molecular weight excluding hydrogens is 270 g/mol. The average molecular weight is 295 g/mol. The summed E-state index contributed by atoms with van der Waals surface area (Å²) in [5.41, 5.74) is 6.36. The predicted octanol–water partition coefficient (Wildman–Crippen LogP) is 2.80. The number of nitro benzene ring substituents is 1. The van der Waals surface area contributed by atoms with Gasteiger partial charge in [0.05, 0.1) is 18.1 Å². The van der Waals surface area contributed by atoms with Crippen LogP contribution in [0.4, 0.5) is 11.4 Å². The van der Waals surface area contributed by atoms with Gasteiger partial charge < -0.3 is 15.4 Å². The fourth-order valence-electron chi connectivity index (χ4n) is 2.18. The van der Waals surface area contributed by atoms with E-state index in [1.54, 1.807) is 12.1 Å². The SMILES string of the molecule is CCCN(CC(C)(C)CN)c1ccc(OC)cc1[N+](=O)[O-]. The molecule has 0 radical (unpaired) electrons. The van der Waals surface area contributed by atoms with Crippen LogP contribution < -0.4 is 15.4 Å². The molecule has 0 saturated heterocycles. The van der Waals surface area contributed by atoms with Crippen molar-refractivity contribution < 1.29 is 9.66 Å². The van der Waals surface area contributed by atoms with Crippen LogP contribution >= 0.6 is 0 Å². The Bertz CT molecular complexity index is 489. The molecule has 6 nitrogen and oxygen atoms in total. The molecule has 0 atom stereocenters. The molecule has 2 N–H and O–H groups in total. The molecule has 0 bridgehead atoms. The minimum Gasteiger partial charge on any atom is -0.496 e. The normalized spacial score (nSPS) is 11.3. The van der Waals surface area contributed by atoms with Crippen LogP contribution in [0.1, 0.15) is 27.2 Å². The molecule has 0 aliphatic carbocycles. The van der Waals surface area contributed by atoms with Gasteiger partial charge in [0.15, 0.2) is 0 Å². The summed E-state index contributed by atoms with van der Waals surface area (Å²) in [4.78, 5) is 13.0. The van der Waals surface area contributed by atoms with Gasteiger partial charge in [0, 0.05) is 13.1 Å². The van der Waals surface area contributed by atoms with E-state index in [9.17, 15) is 10.1 Å². The largest absolute Gasteiger partial charge is 0.496 e. The number of hydrogen-bond acceptors (Lipinski definition) is 5. The van der Waals surface area contributed by atoms with Crippen molar-refractivity contribution in [2.45, 2.75) is 27.2 Å². The van der Waals surface area contributed by atoms with Crippen LogP contribution in [0.2, 0.25) is 0 Å². The van der Waals surface area contributed by atoms with Crippen molar-refractivity contribution >= 4 is 11.4 Å². The summed E-state index contributed by atoms with van der Waals surface area (Å²) in [5.74, 6) is 0.486. The Morgan fingerprint density at radius 1 is 1.43 bits per heavy atom. The first-order chi connectivity index (χ1) is 9.84. The summed E-state index contributed by atoms with van der Waals surface area (Å²) in [6.45, 7) is 8.12. The van der Waals surface area contributed by atoms with Gasteiger partial charge in [-0.25, -0.2) is 0 Å². The van der Waals surface area contributed by atoms with Crippen molar-refractivity contribution in [3.05, 3.63) is 28.3 Å². The number of nitro groups is 1. The van der Waals surface area contributed by atoms with Crippen molar-refractivity contribution in [2.75, 3.05) is 31.6 Å². The first-order valence-electron chi connectivity index (χ1n) is 7.12. The first kappa shape index (κ1) is 17.2. The lowest BCUT2D eigenvalue weighted by atomic mass is 9.92. The standard InChI is InChI=1S/C15H25N3O3/c1-5-8-17(11-15(2,3)10-16)13-7-6-12(21-4)9-14(13)18(19)20/h6-7,9H,5,8,10-11,16H2,1-4H3. The van der Waals surface area contributed by atoms with Gasteiger partial charge in [0.2, 0.25) is 0 Å². The number of ether oxygens (including phenoxy) is 1. The Hall–Kier alpha value is -1.82. The molecule has 1 aromatic rings. The topological polar surface area (TPSA) is 81.6 Å². The average Bonchev–Trinajstić information content (AvgIpc) is 2.46. The molecule has 0 fully saturated rings. The Morgan fingerprint density at radius 3 is 2.57 bits per heavy atom. The number of rotatable bonds is 8. The van der Waals surface area contributed by atoms with Crippen molar-refractivity contribution in [1.82, 2.24) is 0 Å². The van der Waals surface area contributed by atoms with Gasteiger partial charge in [0.25, 0.3) is 5.69 Å². The van der Waals surface area contributed by atoms with Gasteiger partial charge in [-0.3, -0.25) is 10.1 Å². The summed E-state index contributed by atoms with van der Waals surface area (Å²) in [6.07, 6.45) is 0.907. The van der Waals surface area contributed by atoms with Gasteiger partial charge in [-0.1, -0.05) is 20.8 Å². The van der Waals surface area contributed by atoms with Crippen LogP contribution in [0.5, 0.6) is 5.75 Å². The highest BCUT2D eigenvalue weighted by molar-refractivity contribution is 5.65. The van der Waals surface area contributed by atoms with E-state index in [1.165, 1.54) is 13.2 Å². The Balaban J connectivity index is 3.21. The lowest BCUT2D eigenvalue weighted by molar-refractivity contribution is -0.384. The maximum atomic E-state index is 11.3. The quantitative estimate of drug-likeness (QED) is 0.589. The Kier molecular flexibility index (Phi) is 5.96. The maximum absolute atomic E-state index is 11.3. The van der Waals surface area contributed by atoms with Crippen LogP contribution in [-0.4, -0.2) is 31.7 Å². The molecule has 0 unspecified atom stereocenters. The van der Waals surface area contributed by atoms with E-state index in [-0.39, 0.29) is 16.0 Å². The predicted molar refractivity (Wildman–Crippen MR) is 85.0 cm³/mol. The monoisotopic (exact) mass is 295 g/mol. The number of anilines is 1. The molecule has 1 rings (SSSR count). The summed E-state index contributed by atoms with van der Waals surface area (Å²) in [5, 5.41) is 11.3. The van der Waals surface area contributed by atoms with Crippen molar-refractivity contribution in [2.24, 2.45) is 11.1 Å². The molecule has 21 heavy (non-hydrogen) atoms. The van der Waals surface area contributed by atoms with Gasteiger partial charge >= 0.3 is 0 Å². The van der Waals surface area contributed by atoms with Crippen LogP contribution in [0.15, 0.2) is 18.2 Å². The zero-order valence-corrected chi connectivity index (χ0v) is 13.3. The highest BCUT2D eigenvalue weighted by Crippen LogP contribution is 2.33. The second-order valence-corrected chi connectivity index (χ2v) is 5.90. The lowest BCUT2D eigenvalue weighted by Crippen LogP contribution is -2.39. The molecule has 0 amide bonds. The molecule has 0 saturated carbocycles. The van der Waals surface area contributed by atoms with E-state index < -0.39 is 0 Å². The number of nitrogens with zero attached hydrogens (tertiary/aromatic N) is 2. The number of hydrogen-bond donors (Lipinski definition) is 1. The van der Waals surface area contributed by atoms with Gasteiger partial charge in [0.1, 0.15) is 11.4 Å². The van der Waals surface area contributed by atoms with Gasteiger partial charge in [-0.2, -0.15) is 0 Å². The van der Waals surface area contributed by atoms with Gasteiger partial charge in [-0.05, 0) is 30.5 Å². The molecule has 0 aromatic heterocycles. The number of nitrogens with two attached hydrogens (primary N) is 1. The van der Waals surface area contributed by atoms with E-state index >= 15 is 0 Å². The van der Waals surface area contributed by atoms with Crippen LogP contribution in [0.3, 0.4) is 0 Å². The summed E-state index contributed by atoms with van der Waals surface area (Å²) in [6, 6.07) is 4.97. The Labute approximate surface area is 126 Å². The van der Waals surface area contributed by atoms with Crippen molar-refractivity contribution in [1.29, 1.82) is 0 Å². The molecular formula is C15H25N3O3. The summed E-state index contributed by atoms with van der Waals surface area (Å²) < 4.78 is 5.08. The number of methoxy groups -OCH3 is 1. The molecule has 0 aliphatic heterocycles. The zero-order chi connectivity index (χ0) is 16.0. The van der Waals surface area contributed by atoms with Gasteiger partial charge in [-0.15, -0.1) is 0 Å². The molecule has 118 valence electrons. The third-order valence-corrected chi connectivity index (χ3v) is 3.38. The maximum Gasteiger partial charge on any atom is 0.296 e. The van der Waals surface area contributed by atoms with Crippen LogP contribution in [0, 0.1) is 15.5 Å². The molecule has 0 spiro atoms. The fraction of sp³-hybridized carbons (Fsp3) is 0.600. The zero-order valence-electron chi connectivity index (χ0n) is 13.3. The van der Waals surface area contributed by atoms with E-state index in [4.69, 9.17) is 10.5 Å². The van der Waals surface area contributed by atoms with E-state index in [2.05, 4.69) is 20.8 Å². The third kappa shape index (κ3) is 4.60.